The van der Waals surface area contributed by atoms with Crippen molar-refractivity contribution in [2.75, 3.05) is 18.8 Å². The van der Waals surface area contributed by atoms with Crippen molar-refractivity contribution in [2.45, 2.75) is 36.1 Å². The van der Waals surface area contributed by atoms with Gasteiger partial charge in [-0.2, -0.15) is 0 Å². The molecule has 2 aliphatic rings. The van der Waals surface area contributed by atoms with Crippen LogP contribution in [0.15, 0.2) is 34.3 Å². The second kappa shape index (κ2) is 6.06. The van der Waals surface area contributed by atoms with Crippen molar-refractivity contribution in [1.82, 2.24) is 4.90 Å². The Hall–Kier alpha value is -1.20. The van der Waals surface area contributed by atoms with E-state index >= 15 is 0 Å². The summed E-state index contributed by atoms with van der Waals surface area (Å²) in [6, 6.07) is 9.44. The van der Waals surface area contributed by atoms with Gasteiger partial charge in [-0.05, 0) is 24.5 Å². The second-order valence-electron chi connectivity index (χ2n) is 5.61. The maximum atomic E-state index is 8.66. The molecule has 5 heteroatoms. The number of thioether (sulfide) groups is 1. The molecule has 1 heterocycles. The van der Waals surface area contributed by atoms with Crippen LogP contribution in [0.5, 0.6) is 0 Å². The molecule has 3 rings (SSSR count). The Kier molecular flexibility index (Phi) is 4.17. The van der Waals surface area contributed by atoms with Gasteiger partial charge in [0.2, 0.25) is 0 Å². The van der Waals surface area contributed by atoms with E-state index < -0.39 is 0 Å². The molecule has 1 aliphatic carbocycles. The van der Waals surface area contributed by atoms with E-state index in [0.29, 0.717) is 24.2 Å². The van der Waals surface area contributed by atoms with Crippen LogP contribution in [0.3, 0.4) is 0 Å². The summed E-state index contributed by atoms with van der Waals surface area (Å²) < 4.78 is 0. The molecule has 3 N–H and O–H groups in total. The zero-order valence-electron chi connectivity index (χ0n) is 11.5. The number of hydrogen-bond acceptors (Lipinski definition) is 4. The highest BCUT2D eigenvalue weighted by molar-refractivity contribution is 7.99. The van der Waals surface area contributed by atoms with E-state index in [4.69, 9.17) is 10.9 Å². The number of benzene rings is 1. The number of rotatable bonds is 6. The first-order valence-corrected chi connectivity index (χ1v) is 8.18. The highest BCUT2D eigenvalue weighted by Crippen LogP contribution is 2.41. The molecule has 1 aliphatic heterocycles. The first-order valence-electron chi connectivity index (χ1n) is 7.20. The number of amidine groups is 1. The van der Waals surface area contributed by atoms with Crippen molar-refractivity contribution in [2.24, 2.45) is 10.9 Å². The molecule has 108 valence electrons. The normalized spacial score (nSPS) is 22.2. The van der Waals surface area contributed by atoms with Crippen LogP contribution in [0, 0.1) is 0 Å². The van der Waals surface area contributed by atoms with Gasteiger partial charge in [0.25, 0.3) is 0 Å². The van der Waals surface area contributed by atoms with E-state index in [0.717, 1.165) is 13.1 Å². The molecular weight excluding hydrogens is 270 g/mol. The van der Waals surface area contributed by atoms with Gasteiger partial charge in [-0.25, -0.2) is 0 Å². The molecule has 0 amide bonds. The third-order valence-corrected chi connectivity index (χ3v) is 5.35. The Morgan fingerprint density at radius 2 is 2.20 bits per heavy atom. The van der Waals surface area contributed by atoms with Crippen LogP contribution < -0.4 is 5.73 Å². The molecule has 20 heavy (non-hydrogen) atoms. The van der Waals surface area contributed by atoms with Crippen LogP contribution in [0.2, 0.25) is 0 Å². The maximum absolute atomic E-state index is 8.66. The number of oxime groups is 1. The molecule has 0 aromatic heterocycles. The van der Waals surface area contributed by atoms with Crippen molar-refractivity contribution in [1.29, 1.82) is 0 Å². The number of hydrogen-bond donors (Lipinski definition) is 2. The van der Waals surface area contributed by atoms with Gasteiger partial charge in [0.05, 0.1) is 0 Å². The van der Waals surface area contributed by atoms with E-state index in [9.17, 15) is 0 Å². The molecule has 1 fully saturated rings. The average Bonchev–Trinajstić information content (AvgIpc) is 3.25. The topological polar surface area (TPSA) is 61.8 Å². The molecule has 0 saturated heterocycles. The van der Waals surface area contributed by atoms with Crippen molar-refractivity contribution < 1.29 is 5.21 Å². The molecule has 1 atom stereocenters. The van der Waals surface area contributed by atoms with Gasteiger partial charge in [-0.15, -0.1) is 11.8 Å². The molecule has 1 aromatic carbocycles. The Morgan fingerprint density at radius 3 is 2.95 bits per heavy atom. The van der Waals surface area contributed by atoms with Gasteiger partial charge in [0, 0.05) is 42.1 Å². The fourth-order valence-corrected chi connectivity index (χ4v) is 4.08. The van der Waals surface area contributed by atoms with Gasteiger partial charge in [-0.1, -0.05) is 23.4 Å². The Balaban J connectivity index is 1.63. The molecule has 0 bridgehead atoms. The SMILES string of the molecule is NC(CCN(CC1CSc2ccccc21)C1CC1)=NO. The average molecular weight is 291 g/mol. The van der Waals surface area contributed by atoms with Crippen molar-refractivity contribution >= 4 is 17.6 Å². The fraction of sp³-hybridized carbons (Fsp3) is 0.533. The monoisotopic (exact) mass is 291 g/mol. The minimum Gasteiger partial charge on any atom is -0.409 e. The molecule has 4 nitrogen and oxygen atoms in total. The summed E-state index contributed by atoms with van der Waals surface area (Å²) in [6.45, 7) is 1.98. The van der Waals surface area contributed by atoms with E-state index in [1.807, 2.05) is 11.8 Å². The van der Waals surface area contributed by atoms with Gasteiger partial charge >= 0.3 is 0 Å². The standard InChI is InChI=1S/C15H21N3OS/c16-15(17-19)7-8-18(12-5-6-12)9-11-10-20-14-4-2-1-3-13(11)14/h1-4,11-12,19H,5-10H2,(H2,16,17). The van der Waals surface area contributed by atoms with Crippen LogP contribution in [-0.4, -0.2) is 40.8 Å². The molecule has 0 radical (unpaired) electrons. The molecule has 1 unspecified atom stereocenters. The Labute approximate surface area is 124 Å². The summed E-state index contributed by atoms with van der Waals surface area (Å²) in [7, 11) is 0. The van der Waals surface area contributed by atoms with Crippen molar-refractivity contribution in [3.8, 4) is 0 Å². The molecule has 1 aromatic rings. The lowest BCUT2D eigenvalue weighted by atomic mass is 10.0. The quantitative estimate of drug-likeness (QED) is 0.366. The van der Waals surface area contributed by atoms with Crippen molar-refractivity contribution in [3.05, 3.63) is 29.8 Å². The number of nitrogens with two attached hydrogens (primary N) is 1. The summed E-state index contributed by atoms with van der Waals surface area (Å²) in [5.41, 5.74) is 7.09. The largest absolute Gasteiger partial charge is 0.409 e. The van der Waals surface area contributed by atoms with Crippen LogP contribution in [0.25, 0.3) is 0 Å². The van der Waals surface area contributed by atoms with E-state index in [2.05, 4.69) is 34.3 Å². The molecular formula is C15H21N3OS. The van der Waals surface area contributed by atoms with Crippen LogP contribution >= 0.6 is 11.8 Å². The fourth-order valence-electron chi connectivity index (χ4n) is 2.83. The van der Waals surface area contributed by atoms with Gasteiger partial charge in [-0.3, -0.25) is 4.90 Å². The summed E-state index contributed by atoms with van der Waals surface area (Å²) >= 11 is 1.96. The highest BCUT2D eigenvalue weighted by Gasteiger charge is 2.32. The predicted octanol–water partition coefficient (Wildman–Crippen LogP) is 2.48. The van der Waals surface area contributed by atoms with Gasteiger partial charge in [0.15, 0.2) is 0 Å². The lowest BCUT2D eigenvalue weighted by molar-refractivity contribution is 0.256. The zero-order valence-corrected chi connectivity index (χ0v) is 12.4. The second-order valence-corrected chi connectivity index (χ2v) is 6.68. The van der Waals surface area contributed by atoms with E-state index in [-0.39, 0.29) is 0 Å². The third-order valence-electron chi connectivity index (χ3n) is 4.10. The lowest BCUT2D eigenvalue weighted by Gasteiger charge is -2.25. The third kappa shape index (κ3) is 3.10. The number of fused-ring (bicyclic) bond motifs is 1. The Morgan fingerprint density at radius 1 is 1.40 bits per heavy atom. The first-order chi connectivity index (χ1) is 9.78. The van der Waals surface area contributed by atoms with Crippen LogP contribution in [0.4, 0.5) is 0 Å². The maximum Gasteiger partial charge on any atom is 0.140 e. The molecule has 1 saturated carbocycles. The zero-order chi connectivity index (χ0) is 13.9. The Bertz CT molecular complexity index is 502. The minimum atomic E-state index is 0.330. The predicted molar refractivity (Wildman–Crippen MR) is 82.5 cm³/mol. The summed E-state index contributed by atoms with van der Waals surface area (Å²) in [5.74, 6) is 2.12. The van der Waals surface area contributed by atoms with Crippen LogP contribution in [-0.2, 0) is 0 Å². The number of nitrogens with zero attached hydrogens (tertiary/aromatic N) is 2. The van der Waals surface area contributed by atoms with E-state index in [1.54, 1.807) is 0 Å². The smallest absolute Gasteiger partial charge is 0.140 e. The van der Waals surface area contributed by atoms with Crippen molar-refractivity contribution in [3.63, 3.8) is 0 Å². The summed E-state index contributed by atoms with van der Waals surface area (Å²) in [6.07, 6.45) is 3.23. The summed E-state index contributed by atoms with van der Waals surface area (Å²) in [4.78, 5) is 3.95. The van der Waals surface area contributed by atoms with Gasteiger partial charge in [0.1, 0.15) is 5.84 Å². The van der Waals surface area contributed by atoms with E-state index in [1.165, 1.54) is 29.1 Å². The summed E-state index contributed by atoms with van der Waals surface area (Å²) in [5, 5.41) is 11.7. The van der Waals surface area contributed by atoms with Crippen LogP contribution in [0.1, 0.15) is 30.7 Å². The van der Waals surface area contributed by atoms with Gasteiger partial charge < -0.3 is 10.9 Å². The first kappa shape index (κ1) is 13.8. The highest BCUT2D eigenvalue weighted by atomic mass is 32.2. The molecule has 0 spiro atoms. The lowest BCUT2D eigenvalue weighted by Crippen LogP contribution is -2.34. The minimum absolute atomic E-state index is 0.330.